The first-order valence-corrected chi connectivity index (χ1v) is 9.76. The molecule has 0 N–H and O–H groups in total. The van der Waals surface area contributed by atoms with Gasteiger partial charge in [0.25, 0.3) is 5.56 Å². The van der Waals surface area contributed by atoms with E-state index in [0.29, 0.717) is 29.7 Å². The van der Waals surface area contributed by atoms with Crippen molar-refractivity contribution in [3.8, 4) is 5.69 Å². The Morgan fingerprint density at radius 3 is 2.46 bits per heavy atom. The molecule has 3 heterocycles. The molecule has 7 heteroatoms. The molecule has 0 atom stereocenters. The highest BCUT2D eigenvalue weighted by Crippen LogP contribution is 2.20. The molecule has 2 aromatic heterocycles. The number of amides is 1. The van der Waals surface area contributed by atoms with E-state index in [1.165, 1.54) is 0 Å². The molecule has 1 aliphatic heterocycles. The maximum Gasteiger partial charge on any atom is 0.273 e. The Bertz CT molecular complexity index is 1090. The van der Waals surface area contributed by atoms with E-state index in [1.54, 1.807) is 16.3 Å². The second-order valence-electron chi connectivity index (χ2n) is 7.52. The Morgan fingerprint density at radius 2 is 1.79 bits per heavy atom. The largest absolute Gasteiger partial charge is 0.343 e. The van der Waals surface area contributed by atoms with Crippen molar-refractivity contribution in [1.29, 1.82) is 0 Å². The summed E-state index contributed by atoms with van der Waals surface area (Å²) in [5.41, 5.74) is 4.43. The lowest BCUT2D eigenvalue weighted by molar-refractivity contribution is -0.130. The van der Waals surface area contributed by atoms with E-state index in [9.17, 15) is 9.59 Å². The van der Waals surface area contributed by atoms with Gasteiger partial charge in [0.1, 0.15) is 11.2 Å². The molecule has 0 spiro atoms. The third kappa shape index (κ3) is 3.21. The summed E-state index contributed by atoms with van der Waals surface area (Å²) < 4.78 is 3.36. The Kier molecular flexibility index (Phi) is 4.75. The predicted molar refractivity (Wildman–Crippen MR) is 108 cm³/mol. The zero-order valence-electron chi connectivity index (χ0n) is 16.6. The van der Waals surface area contributed by atoms with Crippen molar-refractivity contribution in [1.82, 2.24) is 24.2 Å². The average Bonchev–Trinajstić information content (AvgIpc) is 3.33. The number of benzene rings is 1. The molecule has 3 aromatic rings. The van der Waals surface area contributed by atoms with Gasteiger partial charge < -0.3 is 4.90 Å². The van der Waals surface area contributed by atoms with Crippen LogP contribution in [-0.2, 0) is 18.3 Å². The number of hydrogen-bond acceptors (Lipinski definition) is 4. The Labute approximate surface area is 163 Å². The lowest BCUT2D eigenvalue weighted by atomic mass is 10.2. The molecular formula is C21H25N5O2. The summed E-state index contributed by atoms with van der Waals surface area (Å²) in [5, 5.41) is 4.61. The van der Waals surface area contributed by atoms with Crippen molar-refractivity contribution < 1.29 is 4.79 Å². The summed E-state index contributed by atoms with van der Waals surface area (Å²) in [7, 11) is 1.74. The van der Waals surface area contributed by atoms with E-state index in [1.807, 2.05) is 43.0 Å². The van der Waals surface area contributed by atoms with E-state index < -0.39 is 0 Å². The number of fused-ring (bicyclic) bond motifs is 1. The number of carbonyl (C=O) groups is 1. The molecule has 1 fully saturated rings. The fourth-order valence-corrected chi connectivity index (χ4v) is 3.79. The molecule has 28 heavy (non-hydrogen) atoms. The topological polar surface area (TPSA) is 73.0 Å². The molecule has 1 amide bonds. The van der Waals surface area contributed by atoms with Gasteiger partial charge in [-0.05, 0) is 38.8 Å². The van der Waals surface area contributed by atoms with Gasteiger partial charge in [-0.25, -0.2) is 9.67 Å². The van der Waals surface area contributed by atoms with Crippen molar-refractivity contribution in [2.75, 3.05) is 13.1 Å². The standard InChI is InChI=1S/C21H25N5O2/c1-14-6-8-16(9-7-14)26-20-19(15(2)23-26)22-17(21(28)24(20)3)10-11-18(27)25-12-4-5-13-25/h6-9H,4-5,10-13H2,1-3H3. The number of carbonyl (C=O) groups excluding carboxylic acids is 1. The van der Waals surface area contributed by atoms with Gasteiger partial charge in [0.15, 0.2) is 5.65 Å². The first-order valence-electron chi connectivity index (χ1n) is 9.76. The minimum absolute atomic E-state index is 0.105. The van der Waals surface area contributed by atoms with Crippen molar-refractivity contribution in [3.63, 3.8) is 0 Å². The molecule has 1 aliphatic rings. The second kappa shape index (κ2) is 7.22. The number of aromatic nitrogens is 4. The number of aryl methyl sites for hydroxylation is 4. The van der Waals surface area contributed by atoms with E-state index >= 15 is 0 Å². The van der Waals surface area contributed by atoms with Crippen molar-refractivity contribution in [3.05, 3.63) is 51.6 Å². The van der Waals surface area contributed by atoms with Gasteiger partial charge in [-0.15, -0.1) is 0 Å². The number of hydrogen-bond donors (Lipinski definition) is 0. The van der Waals surface area contributed by atoms with Gasteiger partial charge in [-0.2, -0.15) is 5.10 Å². The van der Waals surface area contributed by atoms with Crippen LogP contribution in [0.4, 0.5) is 0 Å². The van der Waals surface area contributed by atoms with Crippen LogP contribution < -0.4 is 5.56 Å². The van der Waals surface area contributed by atoms with Gasteiger partial charge in [-0.1, -0.05) is 17.7 Å². The van der Waals surface area contributed by atoms with Crippen LogP contribution in [0.2, 0.25) is 0 Å². The van der Waals surface area contributed by atoms with E-state index in [0.717, 1.165) is 42.9 Å². The molecule has 0 unspecified atom stereocenters. The first kappa shape index (κ1) is 18.4. The van der Waals surface area contributed by atoms with E-state index in [4.69, 9.17) is 0 Å². The maximum absolute atomic E-state index is 12.9. The van der Waals surface area contributed by atoms with Crippen molar-refractivity contribution in [2.24, 2.45) is 7.05 Å². The number of likely N-dealkylation sites (tertiary alicyclic amines) is 1. The zero-order chi connectivity index (χ0) is 19.8. The summed E-state index contributed by atoms with van der Waals surface area (Å²) in [6.07, 6.45) is 2.80. The van der Waals surface area contributed by atoms with Gasteiger partial charge in [0, 0.05) is 33.0 Å². The normalized spacial score (nSPS) is 14.2. The minimum atomic E-state index is -0.171. The monoisotopic (exact) mass is 379 g/mol. The van der Waals surface area contributed by atoms with Crippen LogP contribution in [-0.4, -0.2) is 43.2 Å². The van der Waals surface area contributed by atoms with Crippen molar-refractivity contribution in [2.45, 2.75) is 39.5 Å². The van der Waals surface area contributed by atoms with Crippen LogP contribution >= 0.6 is 0 Å². The molecule has 4 rings (SSSR count). The van der Waals surface area contributed by atoms with Gasteiger partial charge in [0.05, 0.1) is 11.4 Å². The average molecular weight is 379 g/mol. The van der Waals surface area contributed by atoms with Crippen LogP contribution in [0, 0.1) is 13.8 Å². The van der Waals surface area contributed by atoms with Crippen LogP contribution in [0.25, 0.3) is 16.9 Å². The quantitative estimate of drug-likeness (QED) is 0.697. The third-order valence-corrected chi connectivity index (χ3v) is 5.43. The third-order valence-electron chi connectivity index (χ3n) is 5.43. The van der Waals surface area contributed by atoms with E-state index in [2.05, 4.69) is 10.1 Å². The van der Waals surface area contributed by atoms with E-state index in [-0.39, 0.29) is 11.5 Å². The Hall–Kier alpha value is -2.96. The number of rotatable bonds is 4. The van der Waals surface area contributed by atoms with Crippen LogP contribution in [0.3, 0.4) is 0 Å². The highest BCUT2D eigenvalue weighted by atomic mass is 16.2. The fraction of sp³-hybridized carbons (Fsp3) is 0.429. The molecule has 0 radical (unpaired) electrons. The molecular weight excluding hydrogens is 354 g/mol. The van der Waals surface area contributed by atoms with Crippen molar-refractivity contribution >= 4 is 17.1 Å². The minimum Gasteiger partial charge on any atom is -0.343 e. The summed E-state index contributed by atoms with van der Waals surface area (Å²) in [6.45, 7) is 5.57. The summed E-state index contributed by atoms with van der Waals surface area (Å²) >= 11 is 0. The smallest absolute Gasteiger partial charge is 0.273 e. The fourth-order valence-electron chi connectivity index (χ4n) is 3.79. The highest BCUT2D eigenvalue weighted by molar-refractivity contribution is 5.77. The Morgan fingerprint density at radius 1 is 1.11 bits per heavy atom. The lowest BCUT2D eigenvalue weighted by Crippen LogP contribution is -2.30. The molecule has 0 bridgehead atoms. The van der Waals surface area contributed by atoms with Crippen LogP contribution in [0.5, 0.6) is 0 Å². The molecule has 1 aromatic carbocycles. The van der Waals surface area contributed by atoms with Crippen LogP contribution in [0.15, 0.2) is 29.1 Å². The zero-order valence-corrected chi connectivity index (χ0v) is 16.6. The summed E-state index contributed by atoms with van der Waals surface area (Å²) in [6, 6.07) is 7.99. The molecule has 0 aliphatic carbocycles. The molecule has 1 saturated heterocycles. The summed E-state index contributed by atoms with van der Waals surface area (Å²) in [4.78, 5) is 31.7. The van der Waals surface area contributed by atoms with Gasteiger partial charge in [-0.3, -0.25) is 14.2 Å². The van der Waals surface area contributed by atoms with Gasteiger partial charge >= 0.3 is 0 Å². The highest BCUT2D eigenvalue weighted by Gasteiger charge is 2.21. The molecule has 146 valence electrons. The molecule has 0 saturated carbocycles. The molecule has 7 nitrogen and oxygen atoms in total. The van der Waals surface area contributed by atoms with Crippen LogP contribution in [0.1, 0.15) is 36.2 Å². The first-order chi connectivity index (χ1) is 13.5. The lowest BCUT2D eigenvalue weighted by Gasteiger charge is -2.15. The maximum atomic E-state index is 12.9. The predicted octanol–water partition coefficient (Wildman–Crippen LogP) is 2.29. The van der Waals surface area contributed by atoms with Gasteiger partial charge in [0.2, 0.25) is 5.91 Å². The summed E-state index contributed by atoms with van der Waals surface area (Å²) in [5.74, 6) is 0.105. The Balaban J connectivity index is 1.70. The number of nitrogens with zero attached hydrogens (tertiary/aromatic N) is 5. The second-order valence-corrected chi connectivity index (χ2v) is 7.52. The SMILES string of the molecule is Cc1ccc(-n2nc(C)c3nc(CCC(=O)N4CCCC4)c(=O)n(C)c32)cc1.